The Hall–Kier alpha value is -1.64. The molecule has 1 rings (SSSR count). The Morgan fingerprint density at radius 3 is 1.93 bits per heavy atom. The van der Waals surface area contributed by atoms with Gasteiger partial charge in [0.15, 0.2) is 0 Å². The van der Waals surface area contributed by atoms with E-state index in [2.05, 4.69) is 0 Å². The van der Waals surface area contributed by atoms with Crippen LogP contribution in [0, 0.1) is 0 Å². The average molecular weight is 206 g/mol. The zero-order chi connectivity index (χ0) is 11.4. The number of benzene rings is 1. The van der Waals surface area contributed by atoms with Crippen LogP contribution in [0.4, 0.5) is 0 Å². The fourth-order valence-corrected chi connectivity index (χ4v) is 1.64. The minimum absolute atomic E-state index is 0.370. The van der Waals surface area contributed by atoms with E-state index in [0.29, 0.717) is 18.4 Å². The quantitative estimate of drug-likeness (QED) is 0.606. The predicted molar refractivity (Wildman–Crippen MR) is 57.2 cm³/mol. The van der Waals surface area contributed by atoms with Crippen LogP contribution in [0.3, 0.4) is 0 Å². The molecule has 1 N–H and O–H groups in total. The Kier molecular flexibility index (Phi) is 3.61. The summed E-state index contributed by atoms with van der Waals surface area (Å²) < 4.78 is 0. The molecule has 1 aromatic carbocycles. The first-order valence-corrected chi connectivity index (χ1v) is 5.00. The van der Waals surface area contributed by atoms with Gasteiger partial charge in [0, 0.05) is 5.56 Å². The second kappa shape index (κ2) is 4.73. The maximum Gasteiger partial charge on any atom is 0.377 e. The van der Waals surface area contributed by atoms with Crippen LogP contribution in [0.25, 0.3) is 0 Å². The van der Waals surface area contributed by atoms with Crippen molar-refractivity contribution < 1.29 is 14.7 Å². The summed E-state index contributed by atoms with van der Waals surface area (Å²) in [7, 11) is 0. The molecule has 3 heteroatoms. The minimum Gasteiger partial charge on any atom is -0.475 e. The van der Waals surface area contributed by atoms with E-state index in [0.717, 1.165) is 11.1 Å². The topological polar surface area (TPSA) is 54.4 Å². The molecule has 3 nitrogen and oxygen atoms in total. The number of carboxylic acid groups (broad SMARTS) is 1. The van der Waals surface area contributed by atoms with Gasteiger partial charge in [0.2, 0.25) is 0 Å². The third-order valence-corrected chi connectivity index (χ3v) is 2.42. The van der Waals surface area contributed by atoms with Gasteiger partial charge in [0.05, 0.1) is 0 Å². The van der Waals surface area contributed by atoms with Crippen LogP contribution in [-0.4, -0.2) is 16.9 Å². The highest BCUT2D eigenvalue weighted by Crippen LogP contribution is 2.17. The van der Waals surface area contributed by atoms with E-state index in [1.807, 2.05) is 19.9 Å². The standard InChI is InChI=1S/C12H14O3/c1-3-8-6-5-7-9(4-2)10(8)11(13)12(14)15/h5-7H,3-4H2,1-2H3,(H,14,15). The first-order valence-electron chi connectivity index (χ1n) is 5.00. The summed E-state index contributed by atoms with van der Waals surface area (Å²) >= 11 is 0. The van der Waals surface area contributed by atoms with Gasteiger partial charge in [-0.05, 0) is 24.0 Å². The SMILES string of the molecule is CCc1cccc(CC)c1C(=O)C(=O)O. The first kappa shape index (κ1) is 11.4. The second-order valence-corrected chi connectivity index (χ2v) is 3.29. The maximum atomic E-state index is 11.5. The average Bonchev–Trinajstić information content (AvgIpc) is 2.26. The van der Waals surface area contributed by atoms with Crippen molar-refractivity contribution in [1.82, 2.24) is 0 Å². The van der Waals surface area contributed by atoms with Crippen LogP contribution in [0.1, 0.15) is 35.3 Å². The number of rotatable bonds is 4. The summed E-state index contributed by atoms with van der Waals surface area (Å²) in [6.07, 6.45) is 1.34. The van der Waals surface area contributed by atoms with Gasteiger partial charge in [0.25, 0.3) is 5.78 Å². The van der Waals surface area contributed by atoms with Crippen molar-refractivity contribution >= 4 is 11.8 Å². The Labute approximate surface area is 88.7 Å². The number of hydrogen-bond donors (Lipinski definition) is 1. The summed E-state index contributed by atoms with van der Waals surface area (Å²) in [6.45, 7) is 3.82. The fraction of sp³-hybridized carbons (Fsp3) is 0.333. The summed E-state index contributed by atoms with van der Waals surface area (Å²) in [5.41, 5.74) is 1.98. The number of ketones is 1. The highest BCUT2D eigenvalue weighted by molar-refractivity contribution is 6.40. The molecule has 0 saturated heterocycles. The number of aryl methyl sites for hydroxylation is 2. The maximum absolute atomic E-state index is 11.5. The van der Waals surface area contributed by atoms with Crippen molar-refractivity contribution in [1.29, 1.82) is 0 Å². The number of hydrogen-bond acceptors (Lipinski definition) is 2. The lowest BCUT2D eigenvalue weighted by atomic mass is 9.94. The minimum atomic E-state index is -1.38. The molecule has 0 radical (unpaired) electrons. The smallest absolute Gasteiger partial charge is 0.377 e. The molecule has 0 atom stereocenters. The molecule has 15 heavy (non-hydrogen) atoms. The molecular formula is C12H14O3. The van der Waals surface area contributed by atoms with Crippen molar-refractivity contribution in [2.45, 2.75) is 26.7 Å². The van der Waals surface area contributed by atoms with Crippen LogP contribution in [0.15, 0.2) is 18.2 Å². The van der Waals surface area contributed by atoms with Gasteiger partial charge in [-0.15, -0.1) is 0 Å². The Morgan fingerprint density at radius 1 is 1.13 bits per heavy atom. The molecule has 0 aliphatic rings. The van der Waals surface area contributed by atoms with E-state index < -0.39 is 11.8 Å². The zero-order valence-corrected chi connectivity index (χ0v) is 8.91. The van der Waals surface area contributed by atoms with Crippen molar-refractivity contribution in [2.24, 2.45) is 0 Å². The van der Waals surface area contributed by atoms with Crippen molar-refractivity contribution in [2.75, 3.05) is 0 Å². The lowest BCUT2D eigenvalue weighted by Gasteiger charge is -2.09. The number of aliphatic carboxylic acids is 1. The van der Waals surface area contributed by atoms with Gasteiger partial charge in [-0.3, -0.25) is 4.79 Å². The molecule has 0 aromatic heterocycles. The third-order valence-electron chi connectivity index (χ3n) is 2.42. The number of Topliss-reactive ketones (excluding diaryl/α,β-unsaturated/α-hetero) is 1. The van der Waals surface area contributed by atoms with Crippen LogP contribution >= 0.6 is 0 Å². The zero-order valence-electron chi connectivity index (χ0n) is 8.91. The summed E-state index contributed by atoms with van der Waals surface area (Å²) in [5.74, 6) is -2.19. The molecule has 0 bridgehead atoms. The van der Waals surface area contributed by atoms with Crippen molar-refractivity contribution in [3.05, 3.63) is 34.9 Å². The second-order valence-electron chi connectivity index (χ2n) is 3.29. The Balaban J connectivity index is 3.34. The molecule has 80 valence electrons. The molecule has 0 unspecified atom stereocenters. The molecule has 0 aliphatic carbocycles. The molecule has 0 amide bonds. The van der Waals surface area contributed by atoms with E-state index in [-0.39, 0.29) is 0 Å². The van der Waals surface area contributed by atoms with Gasteiger partial charge in [-0.25, -0.2) is 4.79 Å². The highest BCUT2D eigenvalue weighted by Gasteiger charge is 2.20. The van der Waals surface area contributed by atoms with E-state index in [9.17, 15) is 9.59 Å². The normalized spacial score (nSPS) is 10.0. The van der Waals surface area contributed by atoms with E-state index in [1.54, 1.807) is 12.1 Å². The van der Waals surface area contributed by atoms with Crippen molar-refractivity contribution in [3.63, 3.8) is 0 Å². The van der Waals surface area contributed by atoms with Gasteiger partial charge in [0.1, 0.15) is 0 Å². The number of carbonyl (C=O) groups excluding carboxylic acids is 1. The van der Waals surface area contributed by atoms with Crippen LogP contribution in [0.5, 0.6) is 0 Å². The fourth-order valence-electron chi connectivity index (χ4n) is 1.64. The highest BCUT2D eigenvalue weighted by atomic mass is 16.4. The van der Waals surface area contributed by atoms with Gasteiger partial charge in [-0.1, -0.05) is 32.0 Å². The molecule has 1 aromatic rings. The molecule has 0 spiro atoms. The molecule has 0 aliphatic heterocycles. The Bertz CT molecular complexity index is 372. The van der Waals surface area contributed by atoms with E-state index in [4.69, 9.17) is 5.11 Å². The third kappa shape index (κ3) is 2.24. The summed E-state index contributed by atoms with van der Waals surface area (Å²) in [6, 6.07) is 5.46. The van der Waals surface area contributed by atoms with Crippen LogP contribution in [-0.2, 0) is 17.6 Å². The first-order chi connectivity index (χ1) is 7.11. The lowest BCUT2D eigenvalue weighted by Crippen LogP contribution is -2.17. The van der Waals surface area contributed by atoms with Crippen LogP contribution in [0.2, 0.25) is 0 Å². The summed E-state index contributed by atoms with van der Waals surface area (Å²) in [5, 5.41) is 8.73. The Morgan fingerprint density at radius 2 is 1.60 bits per heavy atom. The largest absolute Gasteiger partial charge is 0.475 e. The molecule has 0 fully saturated rings. The molecule has 0 saturated carbocycles. The number of carbonyl (C=O) groups is 2. The molecular weight excluding hydrogens is 192 g/mol. The van der Waals surface area contributed by atoms with Crippen molar-refractivity contribution in [3.8, 4) is 0 Å². The summed E-state index contributed by atoms with van der Waals surface area (Å²) in [4.78, 5) is 22.2. The number of carboxylic acids is 1. The van der Waals surface area contributed by atoms with E-state index >= 15 is 0 Å². The molecule has 0 heterocycles. The lowest BCUT2D eigenvalue weighted by molar-refractivity contribution is -0.131. The van der Waals surface area contributed by atoms with Crippen LogP contribution < -0.4 is 0 Å². The van der Waals surface area contributed by atoms with E-state index in [1.165, 1.54) is 0 Å². The van der Waals surface area contributed by atoms with Gasteiger partial charge in [-0.2, -0.15) is 0 Å². The van der Waals surface area contributed by atoms with Gasteiger partial charge < -0.3 is 5.11 Å². The van der Waals surface area contributed by atoms with Gasteiger partial charge >= 0.3 is 5.97 Å². The predicted octanol–water partition coefficient (Wildman–Crippen LogP) is 2.08. The monoisotopic (exact) mass is 206 g/mol.